The standard InChI is InChI=1S/C18H16N2O4S/c1-10-5-3-7-13(11(10)2)20-15(21)9-14(17(20)22)25-16-12(18(23)24)6-4-8-19-16/h3-8,14H,9H2,1-2H3,(H,23,24)/t14-/m1/s1. The van der Waals surface area contributed by atoms with Gasteiger partial charge in [-0.15, -0.1) is 0 Å². The van der Waals surface area contributed by atoms with Gasteiger partial charge in [0.1, 0.15) is 5.03 Å². The largest absolute Gasteiger partial charge is 0.478 e. The van der Waals surface area contributed by atoms with Crippen LogP contribution in [0.1, 0.15) is 27.9 Å². The van der Waals surface area contributed by atoms with Gasteiger partial charge in [0.2, 0.25) is 11.8 Å². The maximum absolute atomic E-state index is 12.8. The summed E-state index contributed by atoms with van der Waals surface area (Å²) in [5.74, 6) is -1.74. The number of imide groups is 1. The van der Waals surface area contributed by atoms with Gasteiger partial charge in [0.05, 0.1) is 16.5 Å². The Bertz CT molecular complexity index is 881. The van der Waals surface area contributed by atoms with E-state index >= 15 is 0 Å². The number of hydrogen-bond donors (Lipinski definition) is 1. The van der Waals surface area contributed by atoms with Gasteiger partial charge in [-0.2, -0.15) is 0 Å². The molecule has 2 aromatic rings. The van der Waals surface area contributed by atoms with Gasteiger partial charge in [-0.05, 0) is 43.2 Å². The molecule has 1 aliphatic rings. The van der Waals surface area contributed by atoms with Crippen molar-refractivity contribution in [2.45, 2.75) is 30.5 Å². The fourth-order valence-corrected chi connectivity index (χ4v) is 3.81. The number of hydrogen-bond acceptors (Lipinski definition) is 5. The Kier molecular flexibility index (Phi) is 4.59. The SMILES string of the molecule is Cc1cccc(N2C(=O)C[C@@H](Sc3ncccc3C(=O)O)C2=O)c1C. The van der Waals surface area contributed by atoms with Crippen molar-refractivity contribution in [3.8, 4) is 0 Å². The summed E-state index contributed by atoms with van der Waals surface area (Å²) in [6.07, 6.45) is 1.49. The lowest BCUT2D eigenvalue weighted by Crippen LogP contribution is -2.31. The van der Waals surface area contributed by atoms with E-state index in [1.807, 2.05) is 19.9 Å². The highest BCUT2D eigenvalue weighted by molar-refractivity contribution is 8.00. The fraction of sp³-hybridized carbons (Fsp3) is 0.222. The third kappa shape index (κ3) is 3.15. The Morgan fingerprint density at radius 3 is 2.72 bits per heavy atom. The molecule has 0 radical (unpaired) electrons. The first-order chi connectivity index (χ1) is 11.9. The number of anilines is 1. The lowest BCUT2D eigenvalue weighted by atomic mass is 10.1. The van der Waals surface area contributed by atoms with Crippen molar-refractivity contribution in [2.75, 3.05) is 4.90 Å². The second-order valence-corrected chi connectivity index (χ2v) is 6.95. The van der Waals surface area contributed by atoms with Crippen LogP contribution in [-0.4, -0.2) is 33.1 Å². The maximum Gasteiger partial charge on any atom is 0.338 e. The van der Waals surface area contributed by atoms with Crippen LogP contribution in [0.15, 0.2) is 41.6 Å². The van der Waals surface area contributed by atoms with Crippen LogP contribution in [0.2, 0.25) is 0 Å². The molecule has 1 atom stereocenters. The topological polar surface area (TPSA) is 87.6 Å². The summed E-state index contributed by atoms with van der Waals surface area (Å²) in [6.45, 7) is 3.79. The third-order valence-corrected chi connectivity index (χ3v) is 5.38. The Balaban J connectivity index is 1.90. The highest BCUT2D eigenvalue weighted by Gasteiger charge is 2.41. The van der Waals surface area contributed by atoms with Gasteiger partial charge in [-0.25, -0.2) is 14.7 Å². The van der Waals surface area contributed by atoms with E-state index in [1.165, 1.54) is 23.2 Å². The van der Waals surface area contributed by atoms with Crippen molar-refractivity contribution < 1.29 is 19.5 Å². The zero-order chi connectivity index (χ0) is 18.1. The van der Waals surface area contributed by atoms with Crippen LogP contribution in [0.25, 0.3) is 0 Å². The summed E-state index contributed by atoms with van der Waals surface area (Å²) >= 11 is 1.02. The first kappa shape index (κ1) is 17.2. The first-order valence-electron chi connectivity index (χ1n) is 7.68. The van der Waals surface area contributed by atoms with E-state index in [0.717, 1.165) is 22.9 Å². The Hall–Kier alpha value is -2.67. The number of carboxylic acid groups (broad SMARTS) is 1. The molecule has 1 fully saturated rings. The van der Waals surface area contributed by atoms with Crippen molar-refractivity contribution in [1.82, 2.24) is 4.98 Å². The number of aromatic nitrogens is 1. The second-order valence-electron chi connectivity index (χ2n) is 5.76. The number of pyridine rings is 1. The van der Waals surface area contributed by atoms with Gasteiger partial charge in [0, 0.05) is 12.6 Å². The molecule has 0 unspecified atom stereocenters. The van der Waals surface area contributed by atoms with E-state index < -0.39 is 11.2 Å². The molecule has 25 heavy (non-hydrogen) atoms. The zero-order valence-electron chi connectivity index (χ0n) is 13.7. The van der Waals surface area contributed by atoms with Gasteiger partial charge in [-0.3, -0.25) is 9.59 Å². The van der Waals surface area contributed by atoms with E-state index in [1.54, 1.807) is 12.1 Å². The first-order valence-corrected chi connectivity index (χ1v) is 8.56. The molecule has 128 valence electrons. The molecule has 0 saturated carbocycles. The summed E-state index contributed by atoms with van der Waals surface area (Å²) in [4.78, 5) is 41.7. The smallest absolute Gasteiger partial charge is 0.338 e. The molecule has 0 aliphatic carbocycles. The van der Waals surface area contributed by atoms with Crippen LogP contribution >= 0.6 is 11.8 Å². The number of amides is 2. The highest BCUT2D eigenvalue weighted by Crippen LogP contribution is 2.35. The summed E-state index contributed by atoms with van der Waals surface area (Å²) in [6, 6.07) is 8.43. The summed E-state index contributed by atoms with van der Waals surface area (Å²) < 4.78 is 0. The summed E-state index contributed by atoms with van der Waals surface area (Å²) in [5.41, 5.74) is 2.47. The molecule has 3 rings (SSSR count). The van der Waals surface area contributed by atoms with Gasteiger partial charge >= 0.3 is 5.97 Å². The van der Waals surface area contributed by atoms with Crippen LogP contribution < -0.4 is 4.90 Å². The molecular formula is C18H16N2O4S. The maximum atomic E-state index is 12.8. The average Bonchev–Trinajstić information content (AvgIpc) is 2.85. The number of thioether (sulfide) groups is 1. The second kappa shape index (κ2) is 6.68. The molecule has 1 aromatic heterocycles. The van der Waals surface area contributed by atoms with Crippen molar-refractivity contribution in [2.24, 2.45) is 0 Å². The fourth-order valence-electron chi connectivity index (χ4n) is 2.71. The van der Waals surface area contributed by atoms with Crippen molar-refractivity contribution in [1.29, 1.82) is 0 Å². The lowest BCUT2D eigenvalue weighted by molar-refractivity contribution is -0.121. The molecule has 2 amide bonds. The van der Waals surface area contributed by atoms with Crippen LogP contribution in [0.3, 0.4) is 0 Å². The minimum absolute atomic E-state index is 0.0204. The van der Waals surface area contributed by atoms with Crippen LogP contribution in [0.5, 0.6) is 0 Å². The molecular weight excluding hydrogens is 340 g/mol. The molecule has 1 aliphatic heterocycles. The molecule has 7 heteroatoms. The number of carbonyl (C=O) groups excluding carboxylic acids is 2. The van der Waals surface area contributed by atoms with E-state index in [0.29, 0.717) is 5.69 Å². The number of carbonyl (C=O) groups is 3. The van der Waals surface area contributed by atoms with E-state index in [-0.39, 0.29) is 28.8 Å². The normalized spacial score (nSPS) is 17.2. The van der Waals surface area contributed by atoms with Gasteiger partial charge in [0.25, 0.3) is 0 Å². The van der Waals surface area contributed by atoms with Crippen LogP contribution in [-0.2, 0) is 9.59 Å². The number of aromatic carboxylic acids is 1. The quantitative estimate of drug-likeness (QED) is 0.848. The summed E-state index contributed by atoms with van der Waals surface area (Å²) in [7, 11) is 0. The van der Waals surface area contributed by atoms with E-state index in [2.05, 4.69) is 4.98 Å². The number of benzene rings is 1. The van der Waals surface area contributed by atoms with Gasteiger partial charge in [-0.1, -0.05) is 23.9 Å². The molecule has 6 nitrogen and oxygen atoms in total. The molecule has 0 spiro atoms. The summed E-state index contributed by atoms with van der Waals surface area (Å²) in [5, 5.41) is 8.80. The Morgan fingerprint density at radius 1 is 1.24 bits per heavy atom. The zero-order valence-corrected chi connectivity index (χ0v) is 14.5. The molecule has 0 bridgehead atoms. The number of nitrogens with zero attached hydrogens (tertiary/aromatic N) is 2. The van der Waals surface area contributed by atoms with E-state index in [9.17, 15) is 19.5 Å². The third-order valence-electron chi connectivity index (χ3n) is 4.18. The van der Waals surface area contributed by atoms with Gasteiger partial charge in [0.15, 0.2) is 0 Å². The molecule has 2 heterocycles. The minimum Gasteiger partial charge on any atom is -0.478 e. The molecule has 1 aromatic carbocycles. The van der Waals surface area contributed by atoms with Crippen molar-refractivity contribution >= 4 is 35.2 Å². The van der Waals surface area contributed by atoms with E-state index in [4.69, 9.17) is 0 Å². The highest BCUT2D eigenvalue weighted by atomic mass is 32.2. The number of aryl methyl sites for hydroxylation is 1. The minimum atomic E-state index is -1.11. The number of rotatable bonds is 4. The van der Waals surface area contributed by atoms with Gasteiger partial charge < -0.3 is 5.11 Å². The predicted octanol–water partition coefficient (Wildman–Crippen LogP) is 2.82. The van der Waals surface area contributed by atoms with Crippen molar-refractivity contribution in [3.63, 3.8) is 0 Å². The molecule has 1 saturated heterocycles. The molecule has 1 N–H and O–H groups in total. The average molecular weight is 356 g/mol. The van der Waals surface area contributed by atoms with Crippen molar-refractivity contribution in [3.05, 3.63) is 53.2 Å². The Morgan fingerprint density at radius 2 is 2.00 bits per heavy atom. The van der Waals surface area contributed by atoms with Crippen LogP contribution in [0.4, 0.5) is 5.69 Å². The van der Waals surface area contributed by atoms with Crippen LogP contribution in [0, 0.1) is 13.8 Å². The predicted molar refractivity (Wildman–Crippen MR) is 93.9 cm³/mol. The monoisotopic (exact) mass is 356 g/mol. The number of carboxylic acids is 1. The Labute approximate surface area is 148 Å². The lowest BCUT2D eigenvalue weighted by Gasteiger charge is -2.18.